The fraction of sp³-hybridized carbons (Fsp3) is 0.190. The molecule has 3 aliphatic rings. The lowest BCUT2D eigenvalue weighted by Gasteiger charge is -2.24. The summed E-state index contributed by atoms with van der Waals surface area (Å²) in [5, 5.41) is 18.0. The third-order valence-electron chi connectivity index (χ3n) is 5.47. The van der Waals surface area contributed by atoms with Gasteiger partial charge in [-0.25, -0.2) is 9.61 Å². The summed E-state index contributed by atoms with van der Waals surface area (Å²) in [6.45, 7) is 0. The van der Waals surface area contributed by atoms with Gasteiger partial charge in [-0.2, -0.15) is 0 Å². The number of aliphatic hydroxyl groups excluding tert-OH is 1. The normalized spacial score (nSPS) is 19.3. The second kappa shape index (κ2) is 5.99. The van der Waals surface area contributed by atoms with E-state index in [4.69, 9.17) is 4.63 Å². The van der Waals surface area contributed by atoms with Crippen LogP contribution in [0.25, 0.3) is 22.1 Å². The minimum absolute atomic E-state index is 0.0487. The van der Waals surface area contributed by atoms with Crippen molar-refractivity contribution < 1.29 is 19.3 Å². The average Bonchev–Trinajstić information content (AvgIpc) is 3.24. The number of Topliss-reactive ketones (excluding diaryl/α,β-unsaturated/α-hetero) is 1. The number of H-pyrrole nitrogens is 1. The largest absolute Gasteiger partial charge is 0.503 e. The van der Waals surface area contributed by atoms with Crippen LogP contribution >= 0.6 is 0 Å². The van der Waals surface area contributed by atoms with Crippen LogP contribution in [0.1, 0.15) is 41.2 Å². The molecule has 2 N–H and O–H groups in total. The quantitative estimate of drug-likeness (QED) is 0.501. The summed E-state index contributed by atoms with van der Waals surface area (Å²) in [7, 11) is 0. The Hall–Kier alpha value is -4.01. The van der Waals surface area contributed by atoms with Crippen LogP contribution < -0.4 is 4.90 Å². The molecule has 1 atom stereocenters. The first kappa shape index (κ1) is 16.9. The molecule has 2 aromatic carbocycles. The van der Waals surface area contributed by atoms with Gasteiger partial charge in [-0.1, -0.05) is 25.3 Å². The van der Waals surface area contributed by atoms with E-state index >= 15 is 0 Å². The van der Waals surface area contributed by atoms with Crippen molar-refractivity contribution in [3.05, 3.63) is 59.1 Å². The van der Waals surface area contributed by atoms with Gasteiger partial charge < -0.3 is 10.1 Å². The standard InChI is InChI=1S/C18H9N5O4.C3H6/c24-16-12-8(2-4-10-14(12)22-27-21-10)15-13(16)17(25)18(26)23(15)7-1-3-9-11(5-7)20-6-19-9;1-2-3-1/h1-6,15,25H,(H,19,20);1-3H2. The van der Waals surface area contributed by atoms with Crippen LogP contribution in [-0.2, 0) is 4.79 Å². The Morgan fingerprint density at radius 2 is 1.90 bits per heavy atom. The predicted molar refractivity (Wildman–Crippen MR) is 106 cm³/mol. The van der Waals surface area contributed by atoms with Crippen LogP contribution in [0.15, 0.2) is 52.6 Å². The molecule has 148 valence electrons. The molecule has 1 aliphatic heterocycles. The zero-order valence-corrected chi connectivity index (χ0v) is 15.6. The Balaban J connectivity index is 0.000000539. The smallest absolute Gasteiger partial charge is 0.294 e. The van der Waals surface area contributed by atoms with Crippen molar-refractivity contribution in [2.45, 2.75) is 25.3 Å². The highest BCUT2D eigenvalue weighted by Crippen LogP contribution is 2.49. The zero-order valence-electron chi connectivity index (χ0n) is 15.6. The van der Waals surface area contributed by atoms with Crippen LogP contribution in [0.4, 0.5) is 5.69 Å². The molecular formula is C21H15N5O4. The number of hydrogen-bond acceptors (Lipinski definition) is 7. The topological polar surface area (TPSA) is 125 Å². The number of fused-ring (bicyclic) bond motifs is 6. The van der Waals surface area contributed by atoms with Crippen LogP contribution in [0.3, 0.4) is 0 Å². The summed E-state index contributed by atoms with van der Waals surface area (Å²) < 4.78 is 4.74. The second-order valence-corrected chi connectivity index (χ2v) is 7.50. The number of hydrogen-bond donors (Lipinski definition) is 2. The van der Waals surface area contributed by atoms with Crippen LogP contribution in [0.2, 0.25) is 0 Å². The molecule has 1 amide bonds. The van der Waals surface area contributed by atoms with Crippen LogP contribution in [0.5, 0.6) is 0 Å². The van der Waals surface area contributed by atoms with E-state index in [-0.39, 0.29) is 5.57 Å². The van der Waals surface area contributed by atoms with Gasteiger partial charge in [-0.05, 0) is 40.1 Å². The third kappa shape index (κ3) is 2.25. The first-order chi connectivity index (χ1) is 14.6. The van der Waals surface area contributed by atoms with Gasteiger partial charge in [0.15, 0.2) is 11.5 Å². The number of carbonyl (C=O) groups excluding carboxylic acids is 2. The van der Waals surface area contributed by atoms with E-state index in [1.807, 2.05) is 0 Å². The van der Waals surface area contributed by atoms with Gasteiger partial charge in [-0.15, -0.1) is 0 Å². The predicted octanol–water partition coefficient (Wildman–Crippen LogP) is 3.37. The number of carbonyl (C=O) groups is 2. The molecule has 30 heavy (non-hydrogen) atoms. The molecule has 1 saturated carbocycles. The molecule has 4 aromatic rings. The summed E-state index contributed by atoms with van der Waals surface area (Å²) in [6.07, 6.45) is 6.06. The number of aliphatic hydroxyl groups is 1. The number of anilines is 1. The first-order valence-corrected chi connectivity index (χ1v) is 9.65. The van der Waals surface area contributed by atoms with Gasteiger partial charge in [0.2, 0.25) is 0 Å². The molecule has 7 rings (SSSR count). The van der Waals surface area contributed by atoms with Crippen LogP contribution in [-0.4, -0.2) is 37.1 Å². The Labute approximate surface area is 169 Å². The number of imidazole rings is 1. The number of aromatic nitrogens is 4. The third-order valence-corrected chi connectivity index (χ3v) is 5.47. The maximum Gasteiger partial charge on any atom is 0.294 e. The van der Waals surface area contributed by atoms with E-state index in [1.165, 1.54) is 24.2 Å². The van der Waals surface area contributed by atoms with Gasteiger partial charge in [0.25, 0.3) is 5.91 Å². The van der Waals surface area contributed by atoms with E-state index in [0.717, 1.165) is 5.52 Å². The van der Waals surface area contributed by atoms with Crippen molar-refractivity contribution in [3.63, 3.8) is 0 Å². The fourth-order valence-electron chi connectivity index (χ4n) is 3.94. The highest BCUT2D eigenvalue weighted by molar-refractivity contribution is 6.27. The molecule has 1 fully saturated rings. The maximum absolute atomic E-state index is 13.0. The number of rotatable bonds is 1. The molecule has 0 bridgehead atoms. The van der Waals surface area contributed by atoms with Crippen molar-refractivity contribution in [1.29, 1.82) is 0 Å². The fourth-order valence-corrected chi connectivity index (χ4v) is 3.94. The molecule has 9 nitrogen and oxygen atoms in total. The van der Waals surface area contributed by atoms with E-state index in [0.29, 0.717) is 33.4 Å². The van der Waals surface area contributed by atoms with E-state index in [9.17, 15) is 14.7 Å². The minimum Gasteiger partial charge on any atom is -0.503 e. The summed E-state index contributed by atoms with van der Waals surface area (Å²) in [6, 6.07) is 7.94. The lowest BCUT2D eigenvalue weighted by Crippen LogP contribution is -2.29. The van der Waals surface area contributed by atoms with Crippen molar-refractivity contribution in [1.82, 2.24) is 20.3 Å². The Kier molecular flexibility index (Phi) is 3.38. The van der Waals surface area contributed by atoms with Gasteiger partial charge in [0.05, 0.1) is 34.5 Å². The Morgan fingerprint density at radius 1 is 1.07 bits per heavy atom. The SMILES string of the molecule is C1CC1.O=C1C2=C(O)C(=O)N(c3ccc4[nH]cnc4c3)C2c2ccc3nonc3c21. The monoisotopic (exact) mass is 401 g/mol. The van der Waals surface area contributed by atoms with Gasteiger partial charge in [-0.3, -0.25) is 14.5 Å². The maximum atomic E-state index is 13.0. The molecule has 1 unspecified atom stereocenters. The lowest BCUT2D eigenvalue weighted by molar-refractivity contribution is -0.117. The molecule has 2 aliphatic carbocycles. The van der Waals surface area contributed by atoms with Gasteiger partial charge in [0.1, 0.15) is 11.0 Å². The van der Waals surface area contributed by atoms with Crippen molar-refractivity contribution in [2.75, 3.05) is 4.90 Å². The highest BCUT2D eigenvalue weighted by atomic mass is 16.6. The van der Waals surface area contributed by atoms with E-state index < -0.39 is 23.5 Å². The average molecular weight is 401 g/mol. The number of amides is 1. The van der Waals surface area contributed by atoms with Crippen molar-refractivity contribution in [2.24, 2.45) is 0 Å². The molecule has 3 heterocycles. The number of ketones is 1. The number of nitrogens with one attached hydrogen (secondary N) is 1. The Morgan fingerprint density at radius 3 is 2.70 bits per heavy atom. The highest BCUT2D eigenvalue weighted by Gasteiger charge is 2.51. The molecule has 0 spiro atoms. The summed E-state index contributed by atoms with van der Waals surface area (Å²) in [4.78, 5) is 34.3. The zero-order chi connectivity index (χ0) is 20.4. The minimum atomic E-state index is -0.725. The molecule has 0 radical (unpaired) electrons. The van der Waals surface area contributed by atoms with Gasteiger partial charge in [0, 0.05) is 5.69 Å². The molecule has 2 aromatic heterocycles. The first-order valence-electron chi connectivity index (χ1n) is 9.65. The molecule has 9 heteroatoms. The Bertz CT molecular complexity index is 1390. The van der Waals surface area contributed by atoms with E-state index in [1.54, 1.807) is 36.7 Å². The summed E-state index contributed by atoms with van der Waals surface area (Å²) in [5.74, 6) is -1.61. The summed E-state index contributed by atoms with van der Waals surface area (Å²) in [5.41, 5.74) is 3.73. The number of nitrogens with zero attached hydrogens (tertiary/aromatic N) is 4. The lowest BCUT2D eigenvalue weighted by atomic mass is 10.0. The summed E-state index contributed by atoms with van der Waals surface area (Å²) >= 11 is 0. The second-order valence-electron chi connectivity index (χ2n) is 7.50. The molecule has 0 saturated heterocycles. The van der Waals surface area contributed by atoms with Crippen molar-refractivity contribution >= 4 is 39.4 Å². The number of benzene rings is 2. The van der Waals surface area contributed by atoms with E-state index in [2.05, 4.69) is 20.3 Å². The van der Waals surface area contributed by atoms with Crippen molar-refractivity contribution in [3.8, 4) is 0 Å². The van der Waals surface area contributed by atoms with Gasteiger partial charge >= 0.3 is 0 Å². The molecular weight excluding hydrogens is 386 g/mol. The number of aromatic amines is 1. The van der Waals surface area contributed by atoms with Crippen LogP contribution in [0, 0.1) is 0 Å².